The fourth-order valence-corrected chi connectivity index (χ4v) is 1.88. The maximum absolute atomic E-state index is 12.8. The number of benzene rings is 1. The molecule has 0 amide bonds. The van der Waals surface area contributed by atoms with Gasteiger partial charge in [0.2, 0.25) is 0 Å². The van der Waals surface area contributed by atoms with Crippen molar-refractivity contribution in [2.24, 2.45) is 5.10 Å². The van der Waals surface area contributed by atoms with Gasteiger partial charge in [0.15, 0.2) is 0 Å². The van der Waals surface area contributed by atoms with Crippen LogP contribution in [0.3, 0.4) is 0 Å². The summed E-state index contributed by atoms with van der Waals surface area (Å²) in [5.74, 6) is 0. The Labute approximate surface area is 91.4 Å². The number of alkyl halides is 3. The highest BCUT2D eigenvalue weighted by Crippen LogP contribution is 2.37. The molecule has 2 rings (SSSR count). The van der Waals surface area contributed by atoms with E-state index in [1.165, 1.54) is 12.1 Å². The van der Waals surface area contributed by atoms with Crippen LogP contribution in [0.4, 0.5) is 13.2 Å². The zero-order valence-corrected chi connectivity index (χ0v) is 8.70. The Balaban J connectivity index is 2.41. The molecular formula is C11H11F3N2. The van der Waals surface area contributed by atoms with Crippen molar-refractivity contribution in [1.29, 1.82) is 0 Å². The van der Waals surface area contributed by atoms with Crippen LogP contribution >= 0.6 is 0 Å². The van der Waals surface area contributed by atoms with Crippen LogP contribution in [-0.2, 0) is 6.18 Å². The molecule has 16 heavy (non-hydrogen) atoms. The Hall–Kier alpha value is -1.52. The van der Waals surface area contributed by atoms with Crippen molar-refractivity contribution < 1.29 is 13.2 Å². The first-order valence-corrected chi connectivity index (χ1v) is 4.91. The highest BCUT2D eigenvalue weighted by atomic mass is 19.4. The first-order chi connectivity index (χ1) is 7.50. The number of halogens is 3. The molecule has 0 spiro atoms. The van der Waals surface area contributed by atoms with E-state index in [0.717, 1.165) is 6.07 Å². The van der Waals surface area contributed by atoms with Gasteiger partial charge >= 0.3 is 6.18 Å². The molecule has 0 aromatic heterocycles. The maximum atomic E-state index is 12.8. The highest BCUT2D eigenvalue weighted by molar-refractivity contribution is 5.61. The Morgan fingerprint density at radius 3 is 2.56 bits per heavy atom. The van der Waals surface area contributed by atoms with Gasteiger partial charge < -0.3 is 0 Å². The van der Waals surface area contributed by atoms with Gasteiger partial charge in [-0.2, -0.15) is 18.3 Å². The van der Waals surface area contributed by atoms with Gasteiger partial charge in [-0.1, -0.05) is 18.2 Å². The summed E-state index contributed by atoms with van der Waals surface area (Å²) in [6.45, 7) is 0. The zero-order chi connectivity index (χ0) is 11.8. The molecule has 0 N–H and O–H groups in total. The monoisotopic (exact) mass is 228 g/mol. The number of hydrazone groups is 1. The summed E-state index contributed by atoms with van der Waals surface area (Å²) in [4.78, 5) is 0. The Kier molecular flexibility index (Phi) is 2.61. The van der Waals surface area contributed by atoms with E-state index in [2.05, 4.69) is 5.10 Å². The van der Waals surface area contributed by atoms with Crippen LogP contribution in [0.2, 0.25) is 0 Å². The minimum atomic E-state index is -4.31. The van der Waals surface area contributed by atoms with E-state index < -0.39 is 11.7 Å². The molecule has 0 saturated carbocycles. The predicted octanol–water partition coefficient (Wildman–Crippen LogP) is 3.07. The van der Waals surface area contributed by atoms with Crippen LogP contribution in [0.25, 0.3) is 0 Å². The average Bonchev–Trinajstić information content (AvgIpc) is 2.63. The second kappa shape index (κ2) is 3.81. The minimum absolute atomic E-state index is 0.287. The molecule has 1 aromatic rings. The van der Waals surface area contributed by atoms with Crippen molar-refractivity contribution in [1.82, 2.24) is 5.01 Å². The summed E-state index contributed by atoms with van der Waals surface area (Å²) < 4.78 is 38.3. The normalized spacial score (nSPS) is 20.5. The lowest BCUT2D eigenvalue weighted by atomic mass is 9.98. The zero-order valence-electron chi connectivity index (χ0n) is 8.70. The molecule has 86 valence electrons. The van der Waals surface area contributed by atoms with E-state index in [4.69, 9.17) is 0 Å². The molecule has 0 saturated heterocycles. The van der Waals surface area contributed by atoms with Gasteiger partial charge in [-0.25, -0.2) is 0 Å². The van der Waals surface area contributed by atoms with Crippen molar-refractivity contribution in [3.63, 3.8) is 0 Å². The molecule has 0 fully saturated rings. The first-order valence-electron chi connectivity index (χ1n) is 4.91. The fourth-order valence-electron chi connectivity index (χ4n) is 1.88. The summed E-state index contributed by atoms with van der Waals surface area (Å²) in [6.07, 6.45) is -2.15. The third-order valence-corrected chi connectivity index (χ3v) is 2.67. The highest BCUT2D eigenvalue weighted by Gasteiger charge is 2.36. The SMILES string of the molecule is CN1N=CCC1c1ccccc1C(F)(F)F. The summed E-state index contributed by atoms with van der Waals surface area (Å²) in [5.41, 5.74) is -0.285. The van der Waals surface area contributed by atoms with Gasteiger partial charge in [-0.05, 0) is 11.6 Å². The Morgan fingerprint density at radius 2 is 2.00 bits per heavy atom. The largest absolute Gasteiger partial charge is 0.416 e. The molecule has 1 atom stereocenters. The molecular weight excluding hydrogens is 217 g/mol. The van der Waals surface area contributed by atoms with E-state index >= 15 is 0 Å². The molecule has 1 aromatic carbocycles. The molecule has 1 unspecified atom stereocenters. The number of hydrogen-bond donors (Lipinski definition) is 0. The van der Waals surface area contributed by atoms with Crippen molar-refractivity contribution >= 4 is 6.21 Å². The van der Waals surface area contributed by atoms with Crippen LogP contribution in [0.15, 0.2) is 29.4 Å². The van der Waals surface area contributed by atoms with E-state index in [-0.39, 0.29) is 11.6 Å². The molecule has 5 heteroatoms. The molecule has 1 aliphatic rings. The topological polar surface area (TPSA) is 15.6 Å². The third-order valence-electron chi connectivity index (χ3n) is 2.67. The van der Waals surface area contributed by atoms with Gasteiger partial charge in [0.05, 0.1) is 11.6 Å². The molecule has 1 heterocycles. The van der Waals surface area contributed by atoms with Gasteiger partial charge in [0.1, 0.15) is 0 Å². The number of hydrogen-bond acceptors (Lipinski definition) is 2. The Morgan fingerprint density at radius 1 is 1.31 bits per heavy atom. The number of rotatable bonds is 1. The van der Waals surface area contributed by atoms with Crippen LogP contribution < -0.4 is 0 Å². The third kappa shape index (κ3) is 1.89. The Bertz CT molecular complexity index is 412. The van der Waals surface area contributed by atoms with E-state index in [9.17, 15) is 13.2 Å². The smallest absolute Gasteiger partial charge is 0.293 e. The van der Waals surface area contributed by atoms with E-state index in [1.807, 2.05) is 0 Å². The van der Waals surface area contributed by atoms with Crippen LogP contribution in [-0.4, -0.2) is 18.3 Å². The van der Waals surface area contributed by atoms with Crippen LogP contribution in [0.5, 0.6) is 0 Å². The van der Waals surface area contributed by atoms with E-state index in [1.54, 1.807) is 24.3 Å². The molecule has 2 nitrogen and oxygen atoms in total. The summed E-state index contributed by atoms with van der Waals surface area (Å²) >= 11 is 0. The summed E-state index contributed by atoms with van der Waals surface area (Å²) in [6, 6.07) is 5.34. The predicted molar refractivity (Wildman–Crippen MR) is 55.1 cm³/mol. The van der Waals surface area contributed by atoms with Crippen molar-refractivity contribution in [3.05, 3.63) is 35.4 Å². The average molecular weight is 228 g/mol. The number of nitrogens with zero attached hydrogens (tertiary/aromatic N) is 2. The second-order valence-electron chi connectivity index (χ2n) is 3.71. The maximum Gasteiger partial charge on any atom is 0.416 e. The summed E-state index contributed by atoms with van der Waals surface area (Å²) in [5, 5.41) is 5.52. The lowest BCUT2D eigenvalue weighted by Gasteiger charge is -2.22. The second-order valence-corrected chi connectivity index (χ2v) is 3.71. The van der Waals surface area contributed by atoms with Gasteiger partial charge in [-0.3, -0.25) is 5.01 Å². The molecule has 0 aliphatic carbocycles. The fraction of sp³-hybridized carbons (Fsp3) is 0.364. The lowest BCUT2D eigenvalue weighted by Crippen LogP contribution is -2.19. The van der Waals surface area contributed by atoms with Crippen molar-refractivity contribution in [3.8, 4) is 0 Å². The van der Waals surface area contributed by atoms with Crippen LogP contribution in [0, 0.1) is 0 Å². The minimum Gasteiger partial charge on any atom is -0.293 e. The molecule has 1 aliphatic heterocycles. The quantitative estimate of drug-likeness (QED) is 0.721. The lowest BCUT2D eigenvalue weighted by molar-refractivity contribution is -0.138. The van der Waals surface area contributed by atoms with Crippen LogP contribution in [0.1, 0.15) is 23.6 Å². The van der Waals surface area contributed by atoms with Gasteiger partial charge in [0.25, 0.3) is 0 Å². The van der Waals surface area contributed by atoms with Crippen molar-refractivity contribution in [2.75, 3.05) is 7.05 Å². The van der Waals surface area contributed by atoms with Gasteiger partial charge in [0, 0.05) is 19.7 Å². The van der Waals surface area contributed by atoms with E-state index in [0.29, 0.717) is 6.42 Å². The van der Waals surface area contributed by atoms with Gasteiger partial charge in [-0.15, -0.1) is 0 Å². The van der Waals surface area contributed by atoms with Crippen molar-refractivity contribution in [2.45, 2.75) is 18.6 Å². The summed E-state index contributed by atoms with van der Waals surface area (Å²) in [7, 11) is 1.68. The molecule has 0 bridgehead atoms. The first kappa shape index (κ1) is 11.0. The molecule has 0 radical (unpaired) electrons. The standard InChI is InChI=1S/C11H11F3N2/c1-16-10(6-7-15-16)8-4-2-3-5-9(8)11(12,13)14/h2-5,7,10H,6H2,1H3.